The first-order valence-corrected chi connectivity index (χ1v) is 7.87. The standard InChI is InChI=1S/C17H16BrN3O3/c1-24-15-8-6-14(7-9-15)20-16(22)10-17(23)21-19-11-12-2-4-13(18)5-3-12/h2-9,11H,10H2,1H3,(H,20,22)(H,21,23). The molecule has 0 aliphatic carbocycles. The fourth-order valence-electron chi connectivity index (χ4n) is 1.79. The summed E-state index contributed by atoms with van der Waals surface area (Å²) in [6.45, 7) is 0. The van der Waals surface area contributed by atoms with Crippen LogP contribution >= 0.6 is 15.9 Å². The largest absolute Gasteiger partial charge is 0.497 e. The monoisotopic (exact) mass is 389 g/mol. The van der Waals surface area contributed by atoms with Crippen molar-refractivity contribution in [3.8, 4) is 5.75 Å². The number of halogens is 1. The third kappa shape index (κ3) is 5.85. The van der Waals surface area contributed by atoms with E-state index in [-0.39, 0.29) is 6.42 Å². The zero-order valence-corrected chi connectivity index (χ0v) is 14.5. The van der Waals surface area contributed by atoms with Crippen LogP contribution in [0.4, 0.5) is 5.69 Å². The molecule has 124 valence electrons. The number of carbonyl (C=O) groups excluding carboxylic acids is 2. The van der Waals surface area contributed by atoms with E-state index in [1.165, 1.54) is 6.21 Å². The van der Waals surface area contributed by atoms with Gasteiger partial charge in [0.1, 0.15) is 12.2 Å². The van der Waals surface area contributed by atoms with Gasteiger partial charge in [0.2, 0.25) is 11.8 Å². The van der Waals surface area contributed by atoms with E-state index < -0.39 is 11.8 Å². The van der Waals surface area contributed by atoms with Crippen LogP contribution in [0, 0.1) is 0 Å². The number of hydrogen-bond donors (Lipinski definition) is 2. The Kier molecular flexibility index (Phi) is 6.51. The summed E-state index contributed by atoms with van der Waals surface area (Å²) in [5.74, 6) is -0.223. The van der Waals surface area contributed by atoms with Gasteiger partial charge in [0.15, 0.2) is 0 Å². The second kappa shape index (κ2) is 8.83. The smallest absolute Gasteiger partial charge is 0.249 e. The fraction of sp³-hybridized carbons (Fsp3) is 0.118. The molecule has 0 aliphatic heterocycles. The van der Waals surface area contributed by atoms with Gasteiger partial charge in [-0.05, 0) is 42.0 Å². The summed E-state index contributed by atoms with van der Waals surface area (Å²) >= 11 is 3.33. The predicted octanol–water partition coefficient (Wildman–Crippen LogP) is 2.94. The summed E-state index contributed by atoms with van der Waals surface area (Å²) in [6.07, 6.45) is 1.19. The molecule has 0 aliphatic rings. The molecule has 0 heterocycles. The highest BCUT2D eigenvalue weighted by atomic mass is 79.9. The number of rotatable bonds is 6. The molecule has 0 fully saturated rings. The van der Waals surface area contributed by atoms with E-state index in [9.17, 15) is 9.59 Å². The van der Waals surface area contributed by atoms with Gasteiger partial charge in [-0.25, -0.2) is 5.43 Å². The van der Waals surface area contributed by atoms with Gasteiger partial charge in [0.05, 0.1) is 13.3 Å². The molecule has 0 spiro atoms. The van der Waals surface area contributed by atoms with Crippen molar-refractivity contribution in [2.24, 2.45) is 5.10 Å². The van der Waals surface area contributed by atoms with Crippen LogP contribution in [0.15, 0.2) is 58.1 Å². The highest BCUT2D eigenvalue weighted by molar-refractivity contribution is 9.10. The van der Waals surface area contributed by atoms with Crippen LogP contribution < -0.4 is 15.5 Å². The molecule has 24 heavy (non-hydrogen) atoms. The van der Waals surface area contributed by atoms with Crippen LogP contribution in [0.3, 0.4) is 0 Å². The Labute approximate surface area is 148 Å². The molecule has 2 amide bonds. The van der Waals surface area contributed by atoms with Crippen LogP contribution in [0.25, 0.3) is 0 Å². The van der Waals surface area contributed by atoms with E-state index in [1.54, 1.807) is 31.4 Å². The molecule has 0 aromatic heterocycles. The molecule has 2 rings (SSSR count). The maximum atomic E-state index is 11.8. The summed E-state index contributed by atoms with van der Waals surface area (Å²) in [5.41, 5.74) is 3.74. The lowest BCUT2D eigenvalue weighted by atomic mass is 10.2. The first-order chi connectivity index (χ1) is 11.6. The molecule has 7 heteroatoms. The van der Waals surface area contributed by atoms with Gasteiger partial charge in [-0.3, -0.25) is 9.59 Å². The molecule has 0 unspecified atom stereocenters. The van der Waals surface area contributed by atoms with Gasteiger partial charge in [-0.15, -0.1) is 0 Å². The molecule has 2 aromatic rings. The third-order valence-electron chi connectivity index (χ3n) is 2.97. The second-order valence-electron chi connectivity index (χ2n) is 4.80. The van der Waals surface area contributed by atoms with Crippen LogP contribution in [0.5, 0.6) is 5.75 Å². The van der Waals surface area contributed by atoms with Crippen LogP contribution in [0.2, 0.25) is 0 Å². The molecule has 0 saturated carbocycles. The van der Waals surface area contributed by atoms with Crippen LogP contribution in [0.1, 0.15) is 12.0 Å². The number of ether oxygens (including phenoxy) is 1. The Morgan fingerprint density at radius 1 is 1.08 bits per heavy atom. The number of anilines is 1. The number of methoxy groups -OCH3 is 1. The van der Waals surface area contributed by atoms with Crippen molar-refractivity contribution in [1.82, 2.24) is 5.43 Å². The van der Waals surface area contributed by atoms with E-state index in [4.69, 9.17) is 4.74 Å². The van der Waals surface area contributed by atoms with Crippen molar-refractivity contribution in [2.45, 2.75) is 6.42 Å². The Bertz CT molecular complexity index is 728. The maximum absolute atomic E-state index is 11.8. The van der Waals surface area contributed by atoms with Crippen molar-refractivity contribution in [1.29, 1.82) is 0 Å². The maximum Gasteiger partial charge on any atom is 0.249 e. The molecular weight excluding hydrogens is 374 g/mol. The van der Waals surface area contributed by atoms with Crippen LogP contribution in [-0.4, -0.2) is 25.1 Å². The van der Waals surface area contributed by atoms with E-state index in [1.807, 2.05) is 24.3 Å². The lowest BCUT2D eigenvalue weighted by Gasteiger charge is -2.05. The third-order valence-corrected chi connectivity index (χ3v) is 3.50. The number of carbonyl (C=O) groups is 2. The molecule has 0 atom stereocenters. The van der Waals surface area contributed by atoms with Crippen molar-refractivity contribution in [3.63, 3.8) is 0 Å². The number of hydrogen-bond acceptors (Lipinski definition) is 4. The predicted molar refractivity (Wildman–Crippen MR) is 96.1 cm³/mol. The number of amides is 2. The van der Waals surface area contributed by atoms with E-state index in [2.05, 4.69) is 31.8 Å². The average molecular weight is 390 g/mol. The number of nitrogens with one attached hydrogen (secondary N) is 2. The molecule has 0 bridgehead atoms. The second-order valence-corrected chi connectivity index (χ2v) is 5.71. The molecule has 6 nitrogen and oxygen atoms in total. The Hall–Kier alpha value is -2.67. The van der Waals surface area contributed by atoms with Gasteiger partial charge in [-0.1, -0.05) is 28.1 Å². The summed E-state index contributed by atoms with van der Waals surface area (Å²) in [4.78, 5) is 23.5. The van der Waals surface area contributed by atoms with Crippen molar-refractivity contribution in [3.05, 3.63) is 58.6 Å². The average Bonchev–Trinajstić information content (AvgIpc) is 2.57. The fourth-order valence-corrected chi connectivity index (χ4v) is 2.06. The minimum Gasteiger partial charge on any atom is -0.497 e. The quantitative estimate of drug-likeness (QED) is 0.452. The van der Waals surface area contributed by atoms with Crippen molar-refractivity contribution < 1.29 is 14.3 Å². The zero-order valence-electron chi connectivity index (χ0n) is 13.0. The molecule has 0 radical (unpaired) electrons. The van der Waals surface area contributed by atoms with Crippen LogP contribution in [-0.2, 0) is 9.59 Å². The minimum atomic E-state index is -0.491. The number of nitrogens with zero attached hydrogens (tertiary/aromatic N) is 1. The first kappa shape index (κ1) is 17.7. The summed E-state index contributed by atoms with van der Waals surface area (Å²) in [7, 11) is 1.56. The van der Waals surface area contributed by atoms with Gasteiger partial charge >= 0.3 is 0 Å². The Morgan fingerprint density at radius 2 is 1.75 bits per heavy atom. The molecular formula is C17H16BrN3O3. The van der Waals surface area contributed by atoms with Crippen molar-refractivity contribution in [2.75, 3.05) is 12.4 Å². The summed E-state index contributed by atoms with van der Waals surface area (Å²) in [6, 6.07) is 14.3. The highest BCUT2D eigenvalue weighted by Gasteiger charge is 2.09. The van der Waals surface area contributed by atoms with Gasteiger partial charge < -0.3 is 10.1 Å². The van der Waals surface area contributed by atoms with Crippen molar-refractivity contribution >= 4 is 39.6 Å². The summed E-state index contributed by atoms with van der Waals surface area (Å²) in [5, 5.41) is 6.44. The lowest BCUT2D eigenvalue weighted by molar-refractivity contribution is -0.126. The van der Waals surface area contributed by atoms with Gasteiger partial charge in [-0.2, -0.15) is 5.10 Å². The Morgan fingerprint density at radius 3 is 2.38 bits per heavy atom. The van der Waals surface area contributed by atoms with Gasteiger partial charge in [0, 0.05) is 10.2 Å². The zero-order chi connectivity index (χ0) is 17.4. The SMILES string of the molecule is COc1ccc(NC(=O)CC(=O)NN=Cc2ccc(Br)cc2)cc1. The molecule has 0 saturated heterocycles. The number of hydrazone groups is 1. The normalized spacial score (nSPS) is 10.4. The topological polar surface area (TPSA) is 79.8 Å². The lowest BCUT2D eigenvalue weighted by Crippen LogP contribution is -2.24. The van der Waals surface area contributed by atoms with E-state index >= 15 is 0 Å². The summed E-state index contributed by atoms with van der Waals surface area (Å²) < 4.78 is 5.99. The Balaban J connectivity index is 1.78. The molecule has 2 aromatic carbocycles. The van der Waals surface area contributed by atoms with E-state index in [0.717, 1.165) is 10.0 Å². The van der Waals surface area contributed by atoms with E-state index in [0.29, 0.717) is 11.4 Å². The minimum absolute atomic E-state index is 0.316. The number of benzene rings is 2. The van der Waals surface area contributed by atoms with Gasteiger partial charge in [0.25, 0.3) is 0 Å². The first-order valence-electron chi connectivity index (χ1n) is 7.08. The highest BCUT2D eigenvalue weighted by Crippen LogP contribution is 2.15. The molecule has 2 N–H and O–H groups in total.